The number of methoxy groups -OCH3 is 3. The zero-order valence-electron chi connectivity index (χ0n) is 14.3. The largest absolute Gasteiger partial charge is 0.491 e. The third kappa shape index (κ3) is 7.50. The second-order valence-corrected chi connectivity index (χ2v) is 4.89. The SMILES string of the molecule is COCC(=O)OC[C@H]1OC=C[C@@H](OC(=O)COC)[C@H]1OC(=O)COC. The van der Waals surface area contributed by atoms with Gasteiger partial charge in [-0.15, -0.1) is 0 Å². The fraction of sp³-hybridized carbons (Fsp3) is 0.667. The van der Waals surface area contributed by atoms with Crippen LogP contribution in [-0.4, -0.2) is 84.0 Å². The molecule has 0 N–H and O–H groups in total. The van der Waals surface area contributed by atoms with E-state index in [0.29, 0.717) is 0 Å². The summed E-state index contributed by atoms with van der Waals surface area (Å²) in [5, 5.41) is 0. The maximum Gasteiger partial charge on any atom is 0.332 e. The van der Waals surface area contributed by atoms with E-state index in [1.807, 2.05) is 0 Å². The smallest absolute Gasteiger partial charge is 0.332 e. The molecule has 0 aromatic heterocycles. The topological polar surface area (TPSA) is 116 Å². The van der Waals surface area contributed by atoms with Gasteiger partial charge < -0.3 is 33.2 Å². The zero-order valence-corrected chi connectivity index (χ0v) is 14.3. The van der Waals surface area contributed by atoms with Crippen molar-refractivity contribution in [2.75, 3.05) is 47.8 Å². The van der Waals surface area contributed by atoms with E-state index >= 15 is 0 Å². The molecule has 1 rings (SSSR count). The summed E-state index contributed by atoms with van der Waals surface area (Å²) >= 11 is 0. The van der Waals surface area contributed by atoms with Gasteiger partial charge in [0.1, 0.15) is 26.4 Å². The van der Waals surface area contributed by atoms with E-state index in [1.54, 1.807) is 0 Å². The number of ether oxygens (including phenoxy) is 7. The molecule has 0 spiro atoms. The van der Waals surface area contributed by atoms with Gasteiger partial charge in [-0.25, -0.2) is 14.4 Å². The number of rotatable bonds is 10. The van der Waals surface area contributed by atoms with Crippen LogP contribution in [0.2, 0.25) is 0 Å². The third-order valence-electron chi connectivity index (χ3n) is 2.94. The molecule has 25 heavy (non-hydrogen) atoms. The van der Waals surface area contributed by atoms with Crippen LogP contribution in [-0.2, 0) is 47.5 Å². The molecular formula is C15H22O10. The van der Waals surface area contributed by atoms with E-state index in [-0.39, 0.29) is 26.4 Å². The Morgan fingerprint density at radius 3 is 2.04 bits per heavy atom. The van der Waals surface area contributed by atoms with Crippen molar-refractivity contribution < 1.29 is 47.5 Å². The number of carbonyl (C=O) groups is 3. The Labute approximate surface area is 144 Å². The minimum absolute atomic E-state index is 0.226. The van der Waals surface area contributed by atoms with Crippen LogP contribution in [0.5, 0.6) is 0 Å². The maximum absolute atomic E-state index is 11.7. The van der Waals surface area contributed by atoms with Crippen LogP contribution in [0.15, 0.2) is 12.3 Å². The van der Waals surface area contributed by atoms with Crippen molar-refractivity contribution in [2.45, 2.75) is 18.3 Å². The van der Waals surface area contributed by atoms with Gasteiger partial charge in [0.2, 0.25) is 0 Å². The minimum atomic E-state index is -1.02. The van der Waals surface area contributed by atoms with Crippen molar-refractivity contribution in [2.24, 2.45) is 0 Å². The lowest BCUT2D eigenvalue weighted by atomic mass is 10.1. The van der Waals surface area contributed by atoms with E-state index in [0.717, 1.165) is 0 Å². The van der Waals surface area contributed by atoms with Gasteiger partial charge >= 0.3 is 17.9 Å². The number of carbonyl (C=O) groups excluding carboxylic acids is 3. The van der Waals surface area contributed by atoms with Crippen LogP contribution < -0.4 is 0 Å². The molecule has 0 fully saturated rings. The van der Waals surface area contributed by atoms with Crippen molar-refractivity contribution in [1.82, 2.24) is 0 Å². The van der Waals surface area contributed by atoms with E-state index < -0.39 is 36.2 Å². The van der Waals surface area contributed by atoms with Crippen LogP contribution in [0.25, 0.3) is 0 Å². The molecular weight excluding hydrogens is 340 g/mol. The van der Waals surface area contributed by atoms with E-state index in [1.165, 1.54) is 33.7 Å². The average molecular weight is 362 g/mol. The monoisotopic (exact) mass is 362 g/mol. The Morgan fingerprint density at radius 2 is 1.44 bits per heavy atom. The van der Waals surface area contributed by atoms with Crippen molar-refractivity contribution in [3.05, 3.63) is 12.3 Å². The fourth-order valence-corrected chi connectivity index (χ4v) is 1.95. The molecule has 10 heteroatoms. The second-order valence-electron chi connectivity index (χ2n) is 4.89. The highest BCUT2D eigenvalue weighted by molar-refractivity contribution is 5.72. The first-order valence-corrected chi connectivity index (χ1v) is 7.35. The van der Waals surface area contributed by atoms with Gasteiger partial charge in [0.15, 0.2) is 18.3 Å². The first-order valence-electron chi connectivity index (χ1n) is 7.35. The Kier molecular flexibility index (Phi) is 9.51. The van der Waals surface area contributed by atoms with Gasteiger partial charge in [0.05, 0.1) is 6.26 Å². The lowest BCUT2D eigenvalue weighted by molar-refractivity contribution is -0.185. The molecule has 1 heterocycles. The lowest BCUT2D eigenvalue weighted by Crippen LogP contribution is -2.48. The second kappa shape index (κ2) is 11.4. The lowest BCUT2D eigenvalue weighted by Gasteiger charge is -2.33. The highest BCUT2D eigenvalue weighted by Crippen LogP contribution is 2.20. The highest BCUT2D eigenvalue weighted by atomic mass is 16.6. The van der Waals surface area contributed by atoms with Gasteiger partial charge in [0.25, 0.3) is 0 Å². The average Bonchev–Trinajstić information content (AvgIpc) is 2.56. The van der Waals surface area contributed by atoms with Crippen LogP contribution >= 0.6 is 0 Å². The third-order valence-corrected chi connectivity index (χ3v) is 2.94. The summed E-state index contributed by atoms with van der Waals surface area (Å²) in [4.78, 5) is 34.8. The molecule has 0 amide bonds. The molecule has 10 nitrogen and oxygen atoms in total. The summed E-state index contributed by atoms with van der Waals surface area (Å²) in [5.74, 6) is -1.95. The van der Waals surface area contributed by atoms with E-state index in [9.17, 15) is 14.4 Å². The number of hydrogen-bond acceptors (Lipinski definition) is 10. The summed E-state index contributed by atoms with van der Waals surface area (Å²) in [6.45, 7) is -1.02. The number of hydrogen-bond donors (Lipinski definition) is 0. The van der Waals surface area contributed by atoms with Gasteiger partial charge in [-0.3, -0.25) is 0 Å². The molecule has 0 aromatic rings. The minimum Gasteiger partial charge on any atom is -0.491 e. The van der Waals surface area contributed by atoms with Crippen molar-refractivity contribution in [3.8, 4) is 0 Å². The maximum atomic E-state index is 11.7. The Balaban J connectivity index is 2.78. The summed E-state index contributed by atoms with van der Waals surface area (Å²) in [6, 6.07) is 0. The zero-order chi connectivity index (χ0) is 18.7. The number of esters is 3. The Morgan fingerprint density at radius 1 is 0.880 bits per heavy atom. The predicted octanol–water partition coefficient (Wildman–Crippen LogP) is -0.795. The van der Waals surface area contributed by atoms with Crippen LogP contribution in [0, 0.1) is 0 Å². The van der Waals surface area contributed by atoms with Crippen LogP contribution in [0.4, 0.5) is 0 Å². The van der Waals surface area contributed by atoms with Crippen LogP contribution in [0.1, 0.15) is 0 Å². The molecule has 142 valence electrons. The normalized spacial score (nSPS) is 22.0. The standard InChI is InChI=1S/C15H22O10/c1-19-7-12(16)23-6-11-15(25-14(18)9-21-3)10(4-5-22-11)24-13(17)8-20-2/h4-5,10-11,15H,6-9H2,1-3H3/t10-,11-,15-/m1/s1. The van der Waals surface area contributed by atoms with Gasteiger partial charge in [-0.1, -0.05) is 0 Å². The van der Waals surface area contributed by atoms with E-state index in [2.05, 4.69) is 4.74 Å². The molecule has 0 aromatic carbocycles. The summed E-state index contributed by atoms with van der Waals surface area (Å²) in [6.07, 6.45) is -0.134. The van der Waals surface area contributed by atoms with Crippen molar-refractivity contribution in [3.63, 3.8) is 0 Å². The van der Waals surface area contributed by atoms with Gasteiger partial charge in [-0.2, -0.15) is 0 Å². The summed E-state index contributed by atoms with van der Waals surface area (Å²) < 4.78 is 34.8. The molecule has 0 unspecified atom stereocenters. The fourth-order valence-electron chi connectivity index (χ4n) is 1.95. The Hall–Kier alpha value is -2.17. The van der Waals surface area contributed by atoms with Gasteiger partial charge in [-0.05, 0) is 6.08 Å². The molecule has 3 atom stereocenters. The van der Waals surface area contributed by atoms with Crippen molar-refractivity contribution >= 4 is 17.9 Å². The van der Waals surface area contributed by atoms with Gasteiger partial charge in [0, 0.05) is 21.3 Å². The summed E-state index contributed by atoms with van der Waals surface area (Å²) in [5.41, 5.74) is 0. The first kappa shape index (κ1) is 20.9. The highest BCUT2D eigenvalue weighted by Gasteiger charge is 2.38. The molecule has 0 saturated heterocycles. The molecule has 0 radical (unpaired) electrons. The van der Waals surface area contributed by atoms with Crippen molar-refractivity contribution in [1.29, 1.82) is 0 Å². The quantitative estimate of drug-likeness (QED) is 0.361. The molecule has 1 aliphatic heterocycles. The Bertz CT molecular complexity index is 475. The molecule has 0 bridgehead atoms. The van der Waals surface area contributed by atoms with Crippen LogP contribution in [0.3, 0.4) is 0 Å². The molecule has 0 saturated carbocycles. The first-order chi connectivity index (χ1) is 12.0. The predicted molar refractivity (Wildman–Crippen MR) is 80.4 cm³/mol. The summed E-state index contributed by atoms with van der Waals surface area (Å²) in [7, 11) is 4.02. The van der Waals surface area contributed by atoms with E-state index in [4.69, 9.17) is 28.4 Å². The molecule has 0 aliphatic carbocycles. The molecule has 1 aliphatic rings.